The Bertz CT molecular complexity index is 1230. The molecule has 3 aromatic heterocycles. The number of benzene rings is 2. The van der Waals surface area contributed by atoms with Crippen molar-refractivity contribution in [2.45, 2.75) is 6.92 Å². The van der Waals surface area contributed by atoms with Crippen LogP contribution in [-0.4, -0.2) is 19.5 Å². The van der Waals surface area contributed by atoms with Crippen molar-refractivity contribution in [2.24, 2.45) is 7.05 Å². The molecule has 0 fully saturated rings. The van der Waals surface area contributed by atoms with Gasteiger partial charge in [-0.3, -0.25) is 0 Å². The molecule has 0 N–H and O–H groups in total. The zero-order valence-corrected chi connectivity index (χ0v) is 15.9. The van der Waals surface area contributed by atoms with Crippen LogP contribution in [-0.2, 0) is 7.05 Å². The standard InChI is InChI=1S/C20H15N2SSe/c1-12-9-10-23-18(12)17-20-16(21-11-22(17)2)15-8-7-13-5-3-4-6-14(13)19(15)24-20/h3-11H,1-2H3/q+1. The second-order valence-corrected chi connectivity index (χ2v) is 9.14. The van der Waals surface area contributed by atoms with Gasteiger partial charge in [0.25, 0.3) is 0 Å². The van der Waals surface area contributed by atoms with E-state index in [9.17, 15) is 0 Å². The van der Waals surface area contributed by atoms with Crippen LogP contribution in [0.25, 0.3) is 40.8 Å². The summed E-state index contributed by atoms with van der Waals surface area (Å²) in [5.41, 5.74) is 3.87. The fourth-order valence-corrected chi connectivity index (χ4v) is 7.40. The predicted octanol–water partition coefficient (Wildman–Crippen LogP) is 4.46. The zero-order valence-electron chi connectivity index (χ0n) is 13.4. The molecule has 0 aliphatic heterocycles. The summed E-state index contributed by atoms with van der Waals surface area (Å²) in [6.07, 6.45) is 1.97. The van der Waals surface area contributed by atoms with E-state index in [1.165, 1.54) is 46.3 Å². The number of hydrogen-bond acceptors (Lipinski definition) is 2. The van der Waals surface area contributed by atoms with Crippen LogP contribution in [0, 0.1) is 6.92 Å². The number of nitrogens with zero attached hydrogens (tertiary/aromatic N) is 2. The maximum absolute atomic E-state index is 4.79. The summed E-state index contributed by atoms with van der Waals surface area (Å²) < 4.78 is 5.09. The molecule has 3 heterocycles. The Kier molecular flexibility index (Phi) is 3.14. The Hall–Kier alpha value is -2.00. The van der Waals surface area contributed by atoms with Gasteiger partial charge in [-0.1, -0.05) is 0 Å². The van der Waals surface area contributed by atoms with Gasteiger partial charge in [0, 0.05) is 0 Å². The van der Waals surface area contributed by atoms with Crippen molar-refractivity contribution in [1.29, 1.82) is 0 Å². The first-order chi connectivity index (χ1) is 11.7. The zero-order chi connectivity index (χ0) is 16.3. The normalized spacial score (nSPS) is 11.8. The Morgan fingerprint density at radius 2 is 1.88 bits per heavy atom. The van der Waals surface area contributed by atoms with E-state index in [0.29, 0.717) is 0 Å². The third kappa shape index (κ3) is 1.94. The van der Waals surface area contributed by atoms with Crippen molar-refractivity contribution in [1.82, 2.24) is 4.98 Å². The molecule has 0 saturated carbocycles. The molecule has 24 heavy (non-hydrogen) atoms. The topological polar surface area (TPSA) is 16.8 Å². The molecule has 0 atom stereocenters. The molecule has 2 nitrogen and oxygen atoms in total. The van der Waals surface area contributed by atoms with E-state index in [-0.39, 0.29) is 14.5 Å². The van der Waals surface area contributed by atoms with E-state index < -0.39 is 0 Å². The molecule has 0 amide bonds. The number of thiophene rings is 1. The van der Waals surface area contributed by atoms with Crippen molar-refractivity contribution in [3.8, 4) is 10.6 Å². The Morgan fingerprint density at radius 3 is 2.71 bits per heavy atom. The fourth-order valence-electron chi connectivity index (χ4n) is 3.34. The van der Waals surface area contributed by atoms with Gasteiger partial charge in [0.05, 0.1) is 0 Å². The minimum atomic E-state index is 0.281. The van der Waals surface area contributed by atoms with E-state index in [1.807, 2.05) is 17.7 Å². The van der Waals surface area contributed by atoms with Crippen LogP contribution in [0.4, 0.5) is 0 Å². The van der Waals surface area contributed by atoms with Gasteiger partial charge < -0.3 is 0 Å². The monoisotopic (exact) mass is 395 g/mol. The molecule has 0 bridgehead atoms. The average Bonchev–Trinajstić information content (AvgIpc) is 3.18. The van der Waals surface area contributed by atoms with E-state index in [0.717, 1.165) is 0 Å². The average molecular weight is 394 g/mol. The van der Waals surface area contributed by atoms with Gasteiger partial charge >= 0.3 is 150 Å². The van der Waals surface area contributed by atoms with Crippen molar-refractivity contribution in [2.75, 3.05) is 0 Å². The first-order valence-electron chi connectivity index (χ1n) is 7.87. The van der Waals surface area contributed by atoms with Gasteiger partial charge in [-0.2, -0.15) is 0 Å². The minimum absolute atomic E-state index is 0.281. The maximum atomic E-state index is 4.79. The summed E-state index contributed by atoms with van der Waals surface area (Å²) in [6.45, 7) is 2.20. The van der Waals surface area contributed by atoms with E-state index in [1.54, 1.807) is 0 Å². The molecular weight excluding hydrogens is 379 g/mol. The van der Waals surface area contributed by atoms with Crippen molar-refractivity contribution < 1.29 is 4.57 Å². The molecule has 0 aliphatic carbocycles. The first kappa shape index (κ1) is 14.4. The molecule has 0 saturated heterocycles. The van der Waals surface area contributed by atoms with Crippen LogP contribution < -0.4 is 4.57 Å². The van der Waals surface area contributed by atoms with Crippen LogP contribution in [0.2, 0.25) is 0 Å². The third-order valence-electron chi connectivity index (χ3n) is 4.56. The second kappa shape index (κ2) is 5.25. The molecule has 0 radical (unpaired) electrons. The predicted molar refractivity (Wildman–Crippen MR) is 103 cm³/mol. The van der Waals surface area contributed by atoms with Crippen molar-refractivity contribution >= 4 is 56.0 Å². The van der Waals surface area contributed by atoms with Crippen LogP contribution >= 0.6 is 11.3 Å². The summed E-state index contributed by atoms with van der Waals surface area (Å²) in [5, 5.41) is 6.20. The third-order valence-corrected chi connectivity index (χ3v) is 8.17. The molecule has 0 spiro atoms. The number of aromatic nitrogens is 2. The van der Waals surface area contributed by atoms with Crippen LogP contribution in [0.15, 0.2) is 54.2 Å². The first-order valence-corrected chi connectivity index (χ1v) is 10.5. The molecule has 0 unspecified atom stereocenters. The van der Waals surface area contributed by atoms with Crippen LogP contribution in [0.3, 0.4) is 0 Å². The molecule has 116 valence electrons. The quantitative estimate of drug-likeness (QED) is 0.303. The summed E-state index contributed by atoms with van der Waals surface area (Å²) in [6, 6.07) is 15.4. The Balaban J connectivity index is 1.99. The van der Waals surface area contributed by atoms with Gasteiger partial charge in [0.15, 0.2) is 0 Å². The van der Waals surface area contributed by atoms with Gasteiger partial charge in [-0.25, -0.2) is 0 Å². The van der Waals surface area contributed by atoms with E-state index >= 15 is 0 Å². The molecular formula is C20H15N2SSe+. The number of hydrogen-bond donors (Lipinski definition) is 0. The van der Waals surface area contributed by atoms with Gasteiger partial charge in [-0.15, -0.1) is 0 Å². The number of fused-ring (bicyclic) bond motifs is 5. The van der Waals surface area contributed by atoms with Crippen molar-refractivity contribution in [3.05, 3.63) is 59.7 Å². The number of aryl methyl sites for hydroxylation is 2. The molecule has 5 aromatic rings. The molecule has 4 heteroatoms. The Morgan fingerprint density at radius 1 is 1.00 bits per heavy atom. The SMILES string of the molecule is Cc1ccsc1-c1c2[se]c3c4ccccc4ccc3c2nc[n+]1C. The molecule has 0 aliphatic rings. The van der Waals surface area contributed by atoms with Gasteiger partial charge in [0.1, 0.15) is 0 Å². The second-order valence-electron chi connectivity index (χ2n) is 6.08. The van der Waals surface area contributed by atoms with Crippen LogP contribution in [0.5, 0.6) is 0 Å². The molecule has 2 aromatic carbocycles. The van der Waals surface area contributed by atoms with E-state index in [2.05, 4.69) is 66.4 Å². The molecule has 5 rings (SSSR count). The summed E-state index contributed by atoms with van der Waals surface area (Å²) in [7, 11) is 2.11. The van der Waals surface area contributed by atoms with Gasteiger partial charge in [0.2, 0.25) is 0 Å². The van der Waals surface area contributed by atoms with Gasteiger partial charge in [-0.05, 0) is 0 Å². The Labute approximate surface area is 149 Å². The fraction of sp³-hybridized carbons (Fsp3) is 0.100. The summed E-state index contributed by atoms with van der Waals surface area (Å²) >= 11 is 2.11. The van der Waals surface area contributed by atoms with Crippen molar-refractivity contribution in [3.63, 3.8) is 0 Å². The summed E-state index contributed by atoms with van der Waals surface area (Å²) in [4.78, 5) is 6.16. The summed E-state index contributed by atoms with van der Waals surface area (Å²) in [5.74, 6) is 0. The van der Waals surface area contributed by atoms with E-state index in [4.69, 9.17) is 4.98 Å². The van der Waals surface area contributed by atoms with Crippen LogP contribution in [0.1, 0.15) is 5.56 Å². The number of rotatable bonds is 1.